The van der Waals surface area contributed by atoms with Crippen LogP contribution in [0.4, 0.5) is 11.4 Å². The molecule has 0 unspecified atom stereocenters. The first kappa shape index (κ1) is 14.2. The number of hydrogen-bond acceptors (Lipinski definition) is 4. The van der Waals surface area contributed by atoms with Crippen molar-refractivity contribution in [3.05, 3.63) is 18.2 Å². The van der Waals surface area contributed by atoms with Gasteiger partial charge in [0.05, 0.1) is 25.0 Å². The van der Waals surface area contributed by atoms with Crippen LogP contribution in [0.2, 0.25) is 0 Å². The van der Waals surface area contributed by atoms with Gasteiger partial charge in [-0.05, 0) is 25.0 Å². The molecule has 0 bridgehead atoms. The molecule has 0 atom stereocenters. The van der Waals surface area contributed by atoms with Crippen molar-refractivity contribution in [2.45, 2.75) is 19.3 Å². The number of piperidine rings is 1. The monoisotopic (exact) mass is 277 g/mol. The second-order valence-electron chi connectivity index (χ2n) is 4.77. The largest absolute Gasteiger partial charge is 0.497 e. The molecule has 20 heavy (non-hydrogen) atoms. The Morgan fingerprint density at radius 1 is 1.45 bits per heavy atom. The number of ether oxygens (including phenoxy) is 1. The molecule has 3 N–H and O–H groups in total. The molecule has 1 aromatic carbocycles. The Hall–Kier alpha value is -2.24. The molecule has 1 saturated heterocycles. The zero-order valence-corrected chi connectivity index (χ0v) is 11.5. The van der Waals surface area contributed by atoms with E-state index in [1.807, 2.05) is 0 Å². The van der Waals surface area contributed by atoms with E-state index < -0.39 is 0 Å². The van der Waals surface area contributed by atoms with Gasteiger partial charge in [0.25, 0.3) is 0 Å². The van der Waals surface area contributed by atoms with Crippen LogP contribution < -0.4 is 15.8 Å². The van der Waals surface area contributed by atoms with Gasteiger partial charge in [-0.3, -0.25) is 9.59 Å². The maximum atomic E-state index is 12.0. The lowest BCUT2D eigenvalue weighted by atomic mass is 10.1. The first-order valence-corrected chi connectivity index (χ1v) is 6.61. The molecule has 0 aliphatic carbocycles. The summed E-state index contributed by atoms with van der Waals surface area (Å²) in [6.07, 6.45) is 2.37. The lowest BCUT2D eigenvalue weighted by Crippen LogP contribution is -2.40. The molecule has 0 spiro atoms. The van der Waals surface area contributed by atoms with Gasteiger partial charge in [0.2, 0.25) is 11.8 Å². The number of carbonyl (C=O) groups excluding carboxylic acids is 2. The van der Waals surface area contributed by atoms with Gasteiger partial charge in [0.15, 0.2) is 0 Å². The summed E-state index contributed by atoms with van der Waals surface area (Å²) in [5, 5.41) is 2.71. The van der Waals surface area contributed by atoms with Crippen LogP contribution in [0.25, 0.3) is 0 Å². The molecule has 108 valence electrons. The van der Waals surface area contributed by atoms with E-state index in [-0.39, 0.29) is 18.4 Å². The van der Waals surface area contributed by atoms with Gasteiger partial charge < -0.3 is 20.7 Å². The average Bonchev–Trinajstić information content (AvgIpc) is 2.44. The van der Waals surface area contributed by atoms with Gasteiger partial charge in [0.1, 0.15) is 5.75 Å². The Morgan fingerprint density at radius 3 is 2.95 bits per heavy atom. The molecule has 1 aromatic rings. The number of methoxy groups -OCH3 is 1. The fourth-order valence-electron chi connectivity index (χ4n) is 2.16. The minimum atomic E-state index is -0.250. The number of nitrogens with zero attached hydrogens (tertiary/aromatic N) is 1. The molecule has 0 aromatic heterocycles. The zero-order valence-electron chi connectivity index (χ0n) is 11.5. The highest BCUT2D eigenvalue weighted by Crippen LogP contribution is 2.24. The number of rotatable bonds is 4. The van der Waals surface area contributed by atoms with E-state index >= 15 is 0 Å². The van der Waals surface area contributed by atoms with Crippen molar-refractivity contribution in [3.8, 4) is 5.75 Å². The Morgan fingerprint density at radius 2 is 2.25 bits per heavy atom. The zero-order chi connectivity index (χ0) is 14.5. The number of hydrogen-bond donors (Lipinski definition) is 2. The highest BCUT2D eigenvalue weighted by molar-refractivity contribution is 5.97. The van der Waals surface area contributed by atoms with Gasteiger partial charge in [0, 0.05) is 19.0 Å². The van der Waals surface area contributed by atoms with E-state index in [9.17, 15) is 9.59 Å². The van der Waals surface area contributed by atoms with Gasteiger partial charge in [-0.2, -0.15) is 0 Å². The number of nitrogen functional groups attached to an aromatic ring is 1. The molecule has 6 nitrogen and oxygen atoms in total. The number of amides is 2. The molecular formula is C14H19N3O3. The van der Waals surface area contributed by atoms with E-state index in [2.05, 4.69) is 5.32 Å². The SMILES string of the molecule is COc1ccc(N)c(NC(=O)CN2CCCCC2=O)c1. The lowest BCUT2D eigenvalue weighted by Gasteiger charge is -2.26. The summed E-state index contributed by atoms with van der Waals surface area (Å²) < 4.78 is 5.09. The summed E-state index contributed by atoms with van der Waals surface area (Å²) in [6.45, 7) is 0.704. The van der Waals surface area contributed by atoms with E-state index in [0.717, 1.165) is 12.8 Å². The number of nitrogens with one attached hydrogen (secondary N) is 1. The molecule has 0 radical (unpaired) electrons. The smallest absolute Gasteiger partial charge is 0.244 e. The van der Waals surface area contributed by atoms with Crippen LogP contribution in [0.5, 0.6) is 5.75 Å². The highest BCUT2D eigenvalue weighted by atomic mass is 16.5. The van der Waals surface area contributed by atoms with Crippen molar-refractivity contribution in [1.82, 2.24) is 4.90 Å². The van der Waals surface area contributed by atoms with Crippen LogP contribution >= 0.6 is 0 Å². The van der Waals surface area contributed by atoms with Crippen molar-refractivity contribution < 1.29 is 14.3 Å². The van der Waals surface area contributed by atoms with Gasteiger partial charge >= 0.3 is 0 Å². The van der Waals surface area contributed by atoms with E-state index in [0.29, 0.717) is 30.1 Å². The molecule has 1 aliphatic heterocycles. The third-order valence-corrected chi connectivity index (χ3v) is 3.29. The van der Waals surface area contributed by atoms with Crippen molar-refractivity contribution in [2.24, 2.45) is 0 Å². The summed E-state index contributed by atoms with van der Waals surface area (Å²) in [5.74, 6) is 0.397. The van der Waals surface area contributed by atoms with Crippen molar-refractivity contribution in [3.63, 3.8) is 0 Å². The first-order valence-electron chi connectivity index (χ1n) is 6.61. The third kappa shape index (κ3) is 3.40. The number of nitrogens with two attached hydrogens (primary N) is 1. The van der Waals surface area contributed by atoms with Crippen LogP contribution in [0, 0.1) is 0 Å². The number of likely N-dealkylation sites (tertiary alicyclic amines) is 1. The van der Waals surface area contributed by atoms with Crippen LogP contribution in [0.15, 0.2) is 18.2 Å². The Labute approximate surface area is 117 Å². The van der Waals surface area contributed by atoms with Crippen molar-refractivity contribution in [2.75, 3.05) is 31.2 Å². The predicted octanol–water partition coefficient (Wildman–Crippen LogP) is 1.23. The quantitative estimate of drug-likeness (QED) is 0.811. The van der Waals surface area contributed by atoms with Crippen molar-refractivity contribution in [1.29, 1.82) is 0 Å². The molecule has 1 fully saturated rings. The molecule has 6 heteroatoms. The Balaban J connectivity index is 1.98. The Bertz CT molecular complexity index is 516. The van der Waals surface area contributed by atoms with Crippen LogP contribution in [-0.2, 0) is 9.59 Å². The maximum Gasteiger partial charge on any atom is 0.244 e. The lowest BCUT2D eigenvalue weighted by molar-refractivity contribution is -0.136. The summed E-state index contributed by atoms with van der Waals surface area (Å²) >= 11 is 0. The van der Waals surface area contributed by atoms with Crippen LogP contribution in [0.1, 0.15) is 19.3 Å². The summed E-state index contributed by atoms with van der Waals surface area (Å²) in [7, 11) is 1.55. The van der Waals surface area contributed by atoms with Crippen molar-refractivity contribution >= 4 is 23.2 Å². The number of benzene rings is 1. The molecule has 2 amide bonds. The number of carbonyl (C=O) groups is 2. The predicted molar refractivity (Wildman–Crippen MR) is 76.5 cm³/mol. The normalized spacial score (nSPS) is 15.1. The summed E-state index contributed by atoms with van der Waals surface area (Å²) in [6, 6.07) is 5.05. The number of anilines is 2. The van der Waals surface area contributed by atoms with Crippen LogP contribution in [-0.4, -0.2) is 36.9 Å². The minimum Gasteiger partial charge on any atom is -0.497 e. The standard InChI is InChI=1S/C14H19N3O3/c1-20-10-5-6-11(15)12(8-10)16-13(18)9-17-7-3-2-4-14(17)19/h5-6,8H,2-4,7,9,15H2,1H3,(H,16,18). The molecule has 0 saturated carbocycles. The topological polar surface area (TPSA) is 84.7 Å². The first-order chi connectivity index (χ1) is 9.60. The van der Waals surface area contributed by atoms with E-state index in [4.69, 9.17) is 10.5 Å². The highest BCUT2D eigenvalue weighted by Gasteiger charge is 2.20. The molecular weight excluding hydrogens is 258 g/mol. The minimum absolute atomic E-state index is 0.0324. The van der Waals surface area contributed by atoms with Gasteiger partial charge in [-0.1, -0.05) is 0 Å². The molecule has 1 aliphatic rings. The van der Waals surface area contributed by atoms with E-state index in [1.165, 1.54) is 0 Å². The maximum absolute atomic E-state index is 12.0. The summed E-state index contributed by atoms with van der Waals surface area (Å²) in [4.78, 5) is 25.2. The van der Waals surface area contributed by atoms with Gasteiger partial charge in [-0.15, -0.1) is 0 Å². The summed E-state index contributed by atoms with van der Waals surface area (Å²) in [5.41, 5.74) is 6.76. The second-order valence-corrected chi connectivity index (χ2v) is 4.77. The average molecular weight is 277 g/mol. The third-order valence-electron chi connectivity index (χ3n) is 3.29. The fourth-order valence-corrected chi connectivity index (χ4v) is 2.16. The fraction of sp³-hybridized carbons (Fsp3) is 0.429. The van der Waals surface area contributed by atoms with Crippen LogP contribution in [0.3, 0.4) is 0 Å². The second kappa shape index (κ2) is 6.27. The molecule has 2 rings (SSSR count). The van der Waals surface area contributed by atoms with E-state index in [1.54, 1.807) is 30.2 Å². The molecule has 1 heterocycles. The van der Waals surface area contributed by atoms with Gasteiger partial charge in [-0.25, -0.2) is 0 Å². The Kier molecular flexibility index (Phi) is 4.45.